The number of ether oxygens (including phenoxy) is 1. The lowest BCUT2D eigenvalue weighted by Crippen LogP contribution is -2.34. The number of anilines is 1. The van der Waals surface area contributed by atoms with Crippen molar-refractivity contribution in [2.24, 2.45) is 5.10 Å². The molecule has 1 atom stereocenters. The number of carbonyl (C=O) groups excluding carboxylic acids is 1. The van der Waals surface area contributed by atoms with Gasteiger partial charge < -0.3 is 10.1 Å². The van der Waals surface area contributed by atoms with Crippen molar-refractivity contribution in [2.75, 3.05) is 11.9 Å². The topological polar surface area (TPSA) is 62.7 Å². The number of hydrogen-bond donors (Lipinski definition) is 2. The molecule has 5 nitrogen and oxygen atoms in total. The molecular weight excluding hydrogens is 386 g/mol. The Balaban J connectivity index is 1.48. The van der Waals surface area contributed by atoms with E-state index in [1.54, 1.807) is 13.1 Å². The van der Waals surface area contributed by atoms with E-state index in [1.165, 1.54) is 0 Å². The predicted octanol–water partition coefficient (Wildman–Crippen LogP) is 5.34. The van der Waals surface area contributed by atoms with Crippen molar-refractivity contribution in [3.8, 4) is 5.75 Å². The summed E-state index contributed by atoms with van der Waals surface area (Å²) in [4.78, 5) is 12.5. The zero-order valence-electron chi connectivity index (χ0n) is 17.6. The Morgan fingerprint density at radius 1 is 0.968 bits per heavy atom. The molecule has 4 aromatic carbocycles. The smallest absolute Gasteiger partial charge is 0.262 e. The van der Waals surface area contributed by atoms with Gasteiger partial charge in [-0.3, -0.25) is 4.79 Å². The van der Waals surface area contributed by atoms with Gasteiger partial charge >= 0.3 is 0 Å². The quantitative estimate of drug-likeness (QED) is 0.245. The van der Waals surface area contributed by atoms with Crippen LogP contribution in [-0.2, 0) is 4.79 Å². The van der Waals surface area contributed by atoms with Crippen LogP contribution in [0.3, 0.4) is 0 Å². The number of carbonyl (C=O) groups is 1. The minimum absolute atomic E-state index is 0.213. The van der Waals surface area contributed by atoms with Crippen LogP contribution in [-0.4, -0.2) is 24.8 Å². The first-order valence-corrected chi connectivity index (χ1v) is 10.4. The second-order valence-electron chi connectivity index (χ2n) is 7.29. The van der Waals surface area contributed by atoms with Gasteiger partial charge in [0.15, 0.2) is 0 Å². The number of benzene rings is 4. The molecule has 4 aromatic rings. The number of nitrogens with zero attached hydrogens (tertiary/aromatic N) is 1. The van der Waals surface area contributed by atoms with Crippen molar-refractivity contribution in [1.29, 1.82) is 0 Å². The van der Waals surface area contributed by atoms with E-state index >= 15 is 0 Å². The van der Waals surface area contributed by atoms with E-state index in [-0.39, 0.29) is 5.91 Å². The van der Waals surface area contributed by atoms with E-state index in [0.29, 0.717) is 6.61 Å². The second-order valence-corrected chi connectivity index (χ2v) is 7.29. The monoisotopic (exact) mass is 411 g/mol. The standard InChI is InChI=1S/C26H25N3O2/c1-3-31-22-14-12-21(13-15-22)28-18(2)26(30)29-27-17-25-23-10-6-4-8-19(23)16-20-9-5-7-11-24(20)25/h4-18,28H,3H2,1-2H3,(H,29,30). The van der Waals surface area contributed by atoms with E-state index in [4.69, 9.17) is 4.74 Å². The summed E-state index contributed by atoms with van der Waals surface area (Å²) < 4.78 is 5.44. The molecule has 5 heteroatoms. The number of nitrogens with one attached hydrogen (secondary N) is 2. The Labute approximate surface area is 181 Å². The van der Waals surface area contributed by atoms with Gasteiger partial charge in [-0.25, -0.2) is 5.43 Å². The Hall–Kier alpha value is -3.86. The molecule has 0 radical (unpaired) electrons. The number of fused-ring (bicyclic) bond motifs is 2. The lowest BCUT2D eigenvalue weighted by molar-refractivity contribution is -0.121. The third kappa shape index (κ3) is 4.67. The fraction of sp³-hybridized carbons (Fsp3) is 0.154. The van der Waals surface area contributed by atoms with Crippen LogP contribution in [0, 0.1) is 0 Å². The van der Waals surface area contributed by atoms with E-state index in [9.17, 15) is 4.79 Å². The van der Waals surface area contributed by atoms with Crippen molar-refractivity contribution in [3.05, 3.63) is 84.4 Å². The number of rotatable bonds is 7. The van der Waals surface area contributed by atoms with E-state index in [0.717, 1.165) is 38.5 Å². The number of hydrogen-bond acceptors (Lipinski definition) is 4. The Morgan fingerprint density at radius 2 is 1.58 bits per heavy atom. The minimum atomic E-state index is -0.445. The summed E-state index contributed by atoms with van der Waals surface area (Å²) in [5.41, 5.74) is 4.49. The van der Waals surface area contributed by atoms with Crippen LogP contribution in [0.25, 0.3) is 21.5 Å². The first-order valence-electron chi connectivity index (χ1n) is 10.4. The molecule has 0 bridgehead atoms. The molecule has 0 aromatic heterocycles. The van der Waals surface area contributed by atoms with Gasteiger partial charge in [0.2, 0.25) is 0 Å². The van der Waals surface area contributed by atoms with Gasteiger partial charge in [0.1, 0.15) is 11.8 Å². The lowest BCUT2D eigenvalue weighted by atomic mass is 9.97. The predicted molar refractivity (Wildman–Crippen MR) is 128 cm³/mol. The van der Waals surface area contributed by atoms with Gasteiger partial charge in [0.05, 0.1) is 12.8 Å². The third-order valence-corrected chi connectivity index (χ3v) is 5.12. The Bertz CT molecular complexity index is 1180. The van der Waals surface area contributed by atoms with Gasteiger partial charge in [-0.1, -0.05) is 48.5 Å². The normalized spacial score (nSPS) is 12.2. The number of hydrazone groups is 1. The second kappa shape index (κ2) is 9.30. The minimum Gasteiger partial charge on any atom is -0.494 e. The Kier molecular flexibility index (Phi) is 6.13. The van der Waals surface area contributed by atoms with Gasteiger partial charge in [0, 0.05) is 11.3 Å². The van der Waals surface area contributed by atoms with Crippen LogP contribution < -0.4 is 15.5 Å². The van der Waals surface area contributed by atoms with Crippen molar-refractivity contribution in [3.63, 3.8) is 0 Å². The molecule has 0 aliphatic rings. The highest BCUT2D eigenvalue weighted by Gasteiger charge is 2.12. The first kappa shape index (κ1) is 20.4. The highest BCUT2D eigenvalue weighted by molar-refractivity contribution is 6.13. The average Bonchev–Trinajstić information content (AvgIpc) is 2.80. The van der Waals surface area contributed by atoms with Gasteiger partial charge in [-0.15, -0.1) is 0 Å². The van der Waals surface area contributed by atoms with Crippen molar-refractivity contribution in [2.45, 2.75) is 19.9 Å². The van der Waals surface area contributed by atoms with Crippen molar-refractivity contribution in [1.82, 2.24) is 5.43 Å². The lowest BCUT2D eigenvalue weighted by Gasteiger charge is -2.14. The van der Waals surface area contributed by atoms with Crippen molar-refractivity contribution >= 4 is 39.4 Å². The molecule has 0 spiro atoms. The molecule has 31 heavy (non-hydrogen) atoms. The molecule has 0 saturated heterocycles. The maximum Gasteiger partial charge on any atom is 0.262 e. The van der Waals surface area contributed by atoms with Gasteiger partial charge in [-0.05, 0) is 65.7 Å². The van der Waals surface area contributed by atoms with Gasteiger partial charge in [0.25, 0.3) is 5.91 Å². The summed E-state index contributed by atoms with van der Waals surface area (Å²) >= 11 is 0. The summed E-state index contributed by atoms with van der Waals surface area (Å²) in [5, 5.41) is 11.9. The van der Waals surface area contributed by atoms with Crippen LogP contribution in [0.15, 0.2) is 84.0 Å². The summed E-state index contributed by atoms with van der Waals surface area (Å²) in [6.45, 7) is 4.37. The zero-order valence-corrected chi connectivity index (χ0v) is 17.6. The largest absolute Gasteiger partial charge is 0.494 e. The Morgan fingerprint density at radius 3 is 2.19 bits per heavy atom. The van der Waals surface area contributed by atoms with Crippen LogP contribution in [0.2, 0.25) is 0 Å². The molecule has 1 amide bonds. The summed E-state index contributed by atoms with van der Waals surface area (Å²) in [5.74, 6) is 0.590. The summed E-state index contributed by atoms with van der Waals surface area (Å²) in [6.07, 6.45) is 1.73. The highest BCUT2D eigenvalue weighted by Crippen LogP contribution is 2.27. The maximum atomic E-state index is 12.5. The SMILES string of the molecule is CCOc1ccc(NC(C)C(=O)NN=Cc2c3ccccc3cc3ccccc23)cc1. The van der Waals surface area contributed by atoms with Crippen LogP contribution in [0.4, 0.5) is 5.69 Å². The zero-order chi connectivity index (χ0) is 21.6. The molecule has 1 unspecified atom stereocenters. The van der Waals surface area contributed by atoms with Crippen molar-refractivity contribution < 1.29 is 9.53 Å². The fourth-order valence-electron chi connectivity index (χ4n) is 3.57. The van der Waals surface area contributed by atoms with E-state index in [1.807, 2.05) is 55.5 Å². The molecule has 0 aliphatic carbocycles. The first-order chi connectivity index (χ1) is 15.2. The fourth-order valence-corrected chi connectivity index (χ4v) is 3.57. The third-order valence-electron chi connectivity index (χ3n) is 5.12. The molecule has 156 valence electrons. The van der Waals surface area contributed by atoms with Gasteiger partial charge in [-0.2, -0.15) is 5.10 Å². The maximum absolute atomic E-state index is 12.5. The molecule has 2 N–H and O–H groups in total. The molecule has 0 saturated carbocycles. The molecule has 4 rings (SSSR count). The number of amides is 1. The van der Waals surface area contributed by atoms with Crippen LogP contribution in [0.1, 0.15) is 19.4 Å². The average molecular weight is 412 g/mol. The van der Waals surface area contributed by atoms with Crippen LogP contribution >= 0.6 is 0 Å². The molecule has 0 fully saturated rings. The molecule has 0 aliphatic heterocycles. The molecular formula is C26H25N3O2. The highest BCUT2D eigenvalue weighted by atomic mass is 16.5. The summed E-state index contributed by atoms with van der Waals surface area (Å²) in [6, 6.07) is 25.6. The van der Waals surface area contributed by atoms with Crippen LogP contribution in [0.5, 0.6) is 5.75 Å². The molecule has 0 heterocycles. The summed E-state index contributed by atoms with van der Waals surface area (Å²) in [7, 11) is 0. The van der Waals surface area contributed by atoms with E-state index in [2.05, 4.69) is 46.2 Å². The van der Waals surface area contributed by atoms with E-state index < -0.39 is 6.04 Å².